The largest absolute Gasteiger partial charge is 0.355 e. The van der Waals surface area contributed by atoms with Gasteiger partial charge in [0.05, 0.1) is 13.2 Å². The first-order valence-corrected chi connectivity index (χ1v) is 9.42. The number of nitrogens with one attached hydrogen (secondary N) is 1. The van der Waals surface area contributed by atoms with Gasteiger partial charge in [0.15, 0.2) is 5.79 Å². The molecular formula is C21H25N3O3. The third-order valence-corrected chi connectivity index (χ3v) is 5.40. The minimum absolute atomic E-state index is 0.0495. The molecule has 0 unspecified atom stereocenters. The van der Waals surface area contributed by atoms with Crippen LogP contribution in [0.5, 0.6) is 0 Å². The number of benzene rings is 1. The summed E-state index contributed by atoms with van der Waals surface area (Å²) in [5.74, 6) is -0.525. The van der Waals surface area contributed by atoms with Gasteiger partial charge in [0.2, 0.25) is 0 Å². The molecule has 1 aromatic carbocycles. The molecule has 3 heterocycles. The van der Waals surface area contributed by atoms with E-state index in [0.717, 1.165) is 11.4 Å². The normalized spacial score (nSPS) is 18.7. The molecule has 0 atom stereocenters. The van der Waals surface area contributed by atoms with E-state index in [1.54, 1.807) is 6.20 Å². The lowest BCUT2D eigenvalue weighted by molar-refractivity contribution is -0.181. The Bertz CT molecular complexity index is 836. The first-order valence-electron chi connectivity index (χ1n) is 9.42. The van der Waals surface area contributed by atoms with Crippen LogP contribution in [-0.4, -0.2) is 47.9 Å². The number of piperidine rings is 1. The second-order valence-corrected chi connectivity index (χ2v) is 7.25. The van der Waals surface area contributed by atoms with Gasteiger partial charge in [-0.25, -0.2) is 0 Å². The van der Waals surface area contributed by atoms with E-state index in [2.05, 4.69) is 36.3 Å². The average Bonchev–Trinajstić information content (AvgIpc) is 3.13. The number of amides is 1. The maximum atomic E-state index is 12.9. The Balaban J connectivity index is 1.44. The van der Waals surface area contributed by atoms with E-state index < -0.39 is 5.79 Å². The smallest absolute Gasteiger partial charge is 0.272 e. The molecule has 1 N–H and O–H groups in total. The van der Waals surface area contributed by atoms with Crippen LogP contribution in [0.3, 0.4) is 0 Å². The number of rotatable bonds is 3. The molecule has 2 aromatic rings. The van der Waals surface area contributed by atoms with E-state index in [1.165, 1.54) is 11.1 Å². The molecule has 2 aliphatic heterocycles. The SMILES string of the molecule is Cc1ccc(Nc2ccnc(C(=O)N3CCC4(CC3)OCCO4)c2)cc1C. The van der Waals surface area contributed by atoms with Crippen LogP contribution in [0.4, 0.5) is 11.4 Å². The molecule has 2 aliphatic rings. The number of likely N-dealkylation sites (tertiary alicyclic amines) is 1. The standard InChI is InChI=1S/C21H25N3O3/c1-15-3-4-17(13-16(15)2)23-18-5-8-22-19(14-18)20(25)24-9-6-21(7-10-24)26-11-12-27-21/h3-5,8,13-14H,6-7,9-12H2,1-2H3,(H,22,23). The Labute approximate surface area is 159 Å². The van der Waals surface area contributed by atoms with Gasteiger partial charge in [-0.1, -0.05) is 6.07 Å². The van der Waals surface area contributed by atoms with Gasteiger partial charge in [-0.05, 0) is 49.2 Å². The van der Waals surface area contributed by atoms with Gasteiger partial charge in [0.25, 0.3) is 5.91 Å². The highest BCUT2D eigenvalue weighted by molar-refractivity contribution is 5.93. The van der Waals surface area contributed by atoms with E-state index >= 15 is 0 Å². The fraction of sp³-hybridized carbons (Fsp3) is 0.429. The number of carbonyl (C=O) groups excluding carboxylic acids is 1. The monoisotopic (exact) mass is 367 g/mol. The minimum atomic E-state index is -0.475. The van der Waals surface area contributed by atoms with E-state index in [0.29, 0.717) is 44.8 Å². The van der Waals surface area contributed by atoms with Crippen molar-refractivity contribution in [1.29, 1.82) is 0 Å². The quantitative estimate of drug-likeness (QED) is 0.901. The third-order valence-electron chi connectivity index (χ3n) is 5.40. The summed E-state index contributed by atoms with van der Waals surface area (Å²) in [5, 5.41) is 3.36. The van der Waals surface area contributed by atoms with Crippen LogP contribution in [-0.2, 0) is 9.47 Å². The van der Waals surface area contributed by atoms with Crippen molar-refractivity contribution in [3.63, 3.8) is 0 Å². The summed E-state index contributed by atoms with van der Waals surface area (Å²) in [7, 11) is 0. The van der Waals surface area contributed by atoms with Crippen molar-refractivity contribution < 1.29 is 14.3 Å². The molecule has 27 heavy (non-hydrogen) atoms. The number of aryl methyl sites for hydroxylation is 2. The van der Waals surface area contributed by atoms with Crippen molar-refractivity contribution in [2.75, 3.05) is 31.6 Å². The Kier molecular flexibility index (Phi) is 4.85. The number of hydrogen-bond acceptors (Lipinski definition) is 5. The number of pyridine rings is 1. The molecule has 2 saturated heterocycles. The molecule has 0 radical (unpaired) electrons. The molecule has 4 rings (SSSR count). The Morgan fingerprint density at radius 1 is 1.04 bits per heavy atom. The fourth-order valence-electron chi connectivity index (χ4n) is 3.61. The lowest BCUT2D eigenvalue weighted by Gasteiger charge is -2.37. The highest BCUT2D eigenvalue weighted by Gasteiger charge is 2.41. The number of ether oxygens (including phenoxy) is 2. The summed E-state index contributed by atoms with van der Waals surface area (Å²) < 4.78 is 11.5. The van der Waals surface area contributed by atoms with Gasteiger partial charge in [0.1, 0.15) is 5.69 Å². The zero-order chi connectivity index (χ0) is 18.9. The summed E-state index contributed by atoms with van der Waals surface area (Å²) in [6.07, 6.45) is 3.09. The third kappa shape index (κ3) is 3.82. The van der Waals surface area contributed by atoms with E-state index in [1.807, 2.05) is 23.1 Å². The molecule has 0 saturated carbocycles. The van der Waals surface area contributed by atoms with Crippen molar-refractivity contribution in [2.45, 2.75) is 32.5 Å². The summed E-state index contributed by atoms with van der Waals surface area (Å²) in [6.45, 7) is 6.70. The van der Waals surface area contributed by atoms with Gasteiger partial charge >= 0.3 is 0 Å². The second kappa shape index (κ2) is 7.29. The summed E-state index contributed by atoms with van der Waals surface area (Å²) >= 11 is 0. The van der Waals surface area contributed by atoms with Gasteiger partial charge in [0, 0.05) is 43.5 Å². The maximum absolute atomic E-state index is 12.9. The van der Waals surface area contributed by atoms with Crippen LogP contribution >= 0.6 is 0 Å². The number of carbonyl (C=O) groups is 1. The molecule has 6 nitrogen and oxygen atoms in total. The molecular weight excluding hydrogens is 342 g/mol. The second-order valence-electron chi connectivity index (χ2n) is 7.25. The Hall–Kier alpha value is -2.44. The molecule has 1 spiro atoms. The number of anilines is 2. The van der Waals surface area contributed by atoms with Crippen molar-refractivity contribution in [3.8, 4) is 0 Å². The summed E-state index contributed by atoms with van der Waals surface area (Å²) in [6, 6.07) is 9.91. The van der Waals surface area contributed by atoms with Crippen LogP contribution in [0.2, 0.25) is 0 Å². The van der Waals surface area contributed by atoms with Crippen LogP contribution in [0, 0.1) is 13.8 Å². The topological polar surface area (TPSA) is 63.7 Å². The van der Waals surface area contributed by atoms with Gasteiger partial charge in [-0.2, -0.15) is 0 Å². The highest BCUT2D eigenvalue weighted by atomic mass is 16.7. The summed E-state index contributed by atoms with van der Waals surface area (Å²) in [5.41, 5.74) is 4.78. The fourth-order valence-corrected chi connectivity index (χ4v) is 3.61. The molecule has 1 amide bonds. The molecule has 2 fully saturated rings. The summed E-state index contributed by atoms with van der Waals surface area (Å²) in [4.78, 5) is 19.0. The maximum Gasteiger partial charge on any atom is 0.272 e. The lowest BCUT2D eigenvalue weighted by Crippen LogP contribution is -2.47. The van der Waals surface area contributed by atoms with Crippen molar-refractivity contribution in [2.24, 2.45) is 0 Å². The van der Waals surface area contributed by atoms with E-state index in [4.69, 9.17) is 9.47 Å². The van der Waals surface area contributed by atoms with Crippen molar-refractivity contribution >= 4 is 17.3 Å². The van der Waals surface area contributed by atoms with Gasteiger partial charge in [-0.15, -0.1) is 0 Å². The molecule has 0 aliphatic carbocycles. The predicted molar refractivity (Wildman–Crippen MR) is 103 cm³/mol. The highest BCUT2D eigenvalue weighted by Crippen LogP contribution is 2.31. The Morgan fingerprint density at radius 3 is 2.44 bits per heavy atom. The van der Waals surface area contributed by atoms with Crippen molar-refractivity contribution in [1.82, 2.24) is 9.88 Å². The van der Waals surface area contributed by atoms with Gasteiger partial charge < -0.3 is 19.7 Å². The van der Waals surface area contributed by atoms with Crippen LogP contribution in [0.1, 0.15) is 34.5 Å². The predicted octanol–water partition coefficient (Wildman–Crippen LogP) is 3.42. The first-order chi connectivity index (χ1) is 13.0. The Morgan fingerprint density at radius 2 is 1.74 bits per heavy atom. The average molecular weight is 367 g/mol. The lowest BCUT2D eigenvalue weighted by atomic mass is 10.0. The molecule has 0 bridgehead atoms. The zero-order valence-corrected chi connectivity index (χ0v) is 15.8. The minimum Gasteiger partial charge on any atom is -0.355 e. The van der Waals surface area contributed by atoms with Crippen LogP contribution in [0.15, 0.2) is 36.5 Å². The molecule has 1 aromatic heterocycles. The van der Waals surface area contributed by atoms with Crippen LogP contribution in [0.25, 0.3) is 0 Å². The van der Waals surface area contributed by atoms with E-state index in [9.17, 15) is 4.79 Å². The van der Waals surface area contributed by atoms with Gasteiger partial charge in [-0.3, -0.25) is 9.78 Å². The van der Waals surface area contributed by atoms with Crippen LogP contribution < -0.4 is 5.32 Å². The molecule has 6 heteroatoms. The number of nitrogens with zero attached hydrogens (tertiary/aromatic N) is 2. The van der Waals surface area contributed by atoms with Crippen molar-refractivity contribution in [3.05, 3.63) is 53.3 Å². The van der Waals surface area contributed by atoms with E-state index in [-0.39, 0.29) is 5.91 Å². The zero-order valence-electron chi connectivity index (χ0n) is 15.8. The first kappa shape index (κ1) is 17.9. The number of hydrogen-bond donors (Lipinski definition) is 1. The number of aromatic nitrogens is 1. The molecule has 142 valence electrons.